The molecule has 1 atom stereocenters. The molecule has 0 radical (unpaired) electrons. The number of carbonyl (C=O) groups excluding carboxylic acids is 1. The van der Waals surface area contributed by atoms with Crippen molar-refractivity contribution in [3.8, 4) is 0 Å². The number of nitro groups is 1. The second-order valence-electron chi connectivity index (χ2n) is 6.17. The highest BCUT2D eigenvalue weighted by Crippen LogP contribution is 2.31. The van der Waals surface area contributed by atoms with Gasteiger partial charge in [-0.1, -0.05) is 12.1 Å². The van der Waals surface area contributed by atoms with Crippen molar-refractivity contribution >= 4 is 38.9 Å². The van der Waals surface area contributed by atoms with Crippen molar-refractivity contribution in [2.24, 2.45) is 5.92 Å². The highest BCUT2D eigenvalue weighted by Gasteiger charge is 2.29. The largest absolute Gasteiger partial charge is 0.378 e. The summed E-state index contributed by atoms with van der Waals surface area (Å²) in [6.07, 6.45) is 1.96. The summed E-state index contributed by atoms with van der Waals surface area (Å²) in [5.74, 6) is 0.272. The molecule has 25 heavy (non-hydrogen) atoms. The Morgan fingerprint density at radius 2 is 1.92 bits per heavy atom. The Kier molecular flexibility index (Phi) is 5.03. The van der Waals surface area contributed by atoms with Gasteiger partial charge in [0.2, 0.25) is 5.91 Å². The van der Waals surface area contributed by atoms with Crippen LogP contribution in [-0.4, -0.2) is 10.8 Å². The fraction of sp³-hybridized carbons (Fsp3) is 0.278. The predicted molar refractivity (Wildman–Crippen MR) is 101 cm³/mol. The minimum absolute atomic E-state index is 0.00550. The number of hydrogen-bond acceptors (Lipinski definition) is 4. The van der Waals surface area contributed by atoms with Crippen LogP contribution in [-0.2, 0) is 4.79 Å². The Bertz CT molecular complexity index is 804. The number of rotatable bonds is 6. The van der Waals surface area contributed by atoms with E-state index in [1.807, 2.05) is 31.2 Å². The summed E-state index contributed by atoms with van der Waals surface area (Å²) in [5, 5.41) is 17.0. The van der Waals surface area contributed by atoms with E-state index in [9.17, 15) is 14.9 Å². The predicted octanol–water partition coefficient (Wildman–Crippen LogP) is 4.88. The molecule has 1 aliphatic rings. The van der Waals surface area contributed by atoms with E-state index in [1.54, 1.807) is 6.07 Å². The van der Waals surface area contributed by atoms with Crippen molar-refractivity contribution in [2.75, 3.05) is 10.6 Å². The number of nitrogens with zero attached hydrogens (tertiary/aromatic N) is 1. The van der Waals surface area contributed by atoms with Crippen LogP contribution < -0.4 is 10.6 Å². The third kappa shape index (κ3) is 4.36. The van der Waals surface area contributed by atoms with Crippen molar-refractivity contribution in [2.45, 2.75) is 25.8 Å². The molecule has 0 saturated heterocycles. The van der Waals surface area contributed by atoms with Crippen LogP contribution in [0, 0.1) is 16.0 Å². The number of nitrogens with one attached hydrogen (secondary N) is 2. The maximum atomic E-state index is 11.8. The Balaban J connectivity index is 1.65. The fourth-order valence-corrected chi connectivity index (χ4v) is 2.98. The number of benzene rings is 2. The molecule has 2 aromatic carbocycles. The Hall–Kier alpha value is -2.41. The monoisotopic (exact) mass is 403 g/mol. The van der Waals surface area contributed by atoms with Gasteiger partial charge in [0.15, 0.2) is 0 Å². The highest BCUT2D eigenvalue weighted by molar-refractivity contribution is 9.10. The molecule has 0 spiro atoms. The normalized spacial score (nSPS) is 14.6. The van der Waals surface area contributed by atoms with Crippen LogP contribution in [0.2, 0.25) is 0 Å². The first-order valence-electron chi connectivity index (χ1n) is 8.05. The van der Waals surface area contributed by atoms with E-state index in [4.69, 9.17) is 0 Å². The quantitative estimate of drug-likeness (QED) is 0.531. The molecule has 130 valence electrons. The number of nitro benzene ring substituents is 1. The molecule has 1 fully saturated rings. The molecule has 1 amide bonds. The van der Waals surface area contributed by atoms with Crippen LogP contribution in [0.4, 0.5) is 17.1 Å². The zero-order valence-corrected chi connectivity index (χ0v) is 15.2. The van der Waals surface area contributed by atoms with Crippen LogP contribution >= 0.6 is 15.9 Å². The van der Waals surface area contributed by atoms with E-state index < -0.39 is 4.92 Å². The van der Waals surface area contributed by atoms with Gasteiger partial charge < -0.3 is 10.6 Å². The van der Waals surface area contributed by atoms with Crippen molar-refractivity contribution in [3.05, 3.63) is 62.6 Å². The summed E-state index contributed by atoms with van der Waals surface area (Å²) < 4.78 is 0.641. The van der Waals surface area contributed by atoms with Crippen molar-refractivity contribution in [1.29, 1.82) is 0 Å². The molecule has 2 N–H and O–H groups in total. The Morgan fingerprint density at radius 3 is 2.48 bits per heavy atom. The molecule has 3 rings (SSSR count). The first-order valence-corrected chi connectivity index (χ1v) is 8.84. The zero-order chi connectivity index (χ0) is 18.0. The lowest BCUT2D eigenvalue weighted by Gasteiger charge is -2.17. The van der Waals surface area contributed by atoms with Crippen molar-refractivity contribution < 1.29 is 9.72 Å². The van der Waals surface area contributed by atoms with E-state index in [2.05, 4.69) is 26.6 Å². The van der Waals surface area contributed by atoms with Crippen molar-refractivity contribution in [3.63, 3.8) is 0 Å². The standard InChI is InChI=1S/C18H18BrN3O3/c1-11(20-17-9-8-15(22(24)25)10-16(17)19)12-4-6-14(7-5-12)21-18(23)13-2-3-13/h4-11,13,20H,2-3H2,1H3,(H,21,23). The van der Waals surface area contributed by atoms with Crippen LogP contribution in [0.25, 0.3) is 0 Å². The number of amides is 1. The third-order valence-electron chi connectivity index (χ3n) is 4.16. The molecule has 1 saturated carbocycles. The molecule has 1 unspecified atom stereocenters. The van der Waals surface area contributed by atoms with Gasteiger partial charge in [-0.3, -0.25) is 14.9 Å². The van der Waals surface area contributed by atoms with Gasteiger partial charge in [-0.05, 0) is 59.5 Å². The van der Waals surface area contributed by atoms with E-state index in [1.165, 1.54) is 12.1 Å². The average Bonchev–Trinajstić information content (AvgIpc) is 3.42. The van der Waals surface area contributed by atoms with Crippen LogP contribution in [0.3, 0.4) is 0 Å². The number of anilines is 2. The van der Waals surface area contributed by atoms with Gasteiger partial charge in [0, 0.05) is 39.9 Å². The lowest BCUT2D eigenvalue weighted by molar-refractivity contribution is -0.384. The topological polar surface area (TPSA) is 84.3 Å². The van der Waals surface area contributed by atoms with E-state index in [0.29, 0.717) is 4.47 Å². The summed E-state index contributed by atoms with van der Waals surface area (Å²) in [7, 11) is 0. The molecule has 0 heterocycles. The first kappa shape index (κ1) is 17.4. The summed E-state index contributed by atoms with van der Waals surface area (Å²) in [5.41, 5.74) is 2.67. The number of hydrogen-bond donors (Lipinski definition) is 2. The minimum atomic E-state index is -0.424. The van der Waals surface area contributed by atoms with Gasteiger partial charge in [-0.2, -0.15) is 0 Å². The molecule has 2 aromatic rings. The summed E-state index contributed by atoms with van der Waals surface area (Å²) in [6, 6.07) is 12.3. The molecule has 0 bridgehead atoms. The summed E-state index contributed by atoms with van der Waals surface area (Å²) >= 11 is 3.36. The van der Waals surface area contributed by atoms with Crippen LogP contribution in [0.5, 0.6) is 0 Å². The smallest absolute Gasteiger partial charge is 0.270 e. The fourth-order valence-electron chi connectivity index (χ4n) is 2.50. The molecule has 0 aliphatic heterocycles. The minimum Gasteiger partial charge on any atom is -0.378 e. The van der Waals surface area contributed by atoms with Gasteiger partial charge in [-0.15, -0.1) is 0 Å². The summed E-state index contributed by atoms with van der Waals surface area (Å²) in [6.45, 7) is 2.01. The third-order valence-corrected chi connectivity index (χ3v) is 4.82. The van der Waals surface area contributed by atoms with Gasteiger partial charge in [-0.25, -0.2) is 0 Å². The van der Waals surface area contributed by atoms with Gasteiger partial charge in [0.05, 0.1) is 4.92 Å². The van der Waals surface area contributed by atoms with Gasteiger partial charge >= 0.3 is 0 Å². The Morgan fingerprint density at radius 1 is 1.24 bits per heavy atom. The second kappa shape index (κ2) is 7.23. The van der Waals surface area contributed by atoms with Gasteiger partial charge in [0.1, 0.15) is 0 Å². The second-order valence-corrected chi connectivity index (χ2v) is 7.03. The summed E-state index contributed by atoms with van der Waals surface area (Å²) in [4.78, 5) is 22.1. The van der Waals surface area contributed by atoms with Crippen LogP contribution in [0.15, 0.2) is 46.9 Å². The SMILES string of the molecule is CC(Nc1ccc([N+](=O)[O-])cc1Br)c1ccc(NC(=O)C2CC2)cc1. The zero-order valence-electron chi connectivity index (χ0n) is 13.7. The number of non-ortho nitro benzene ring substituents is 1. The van der Waals surface area contributed by atoms with Gasteiger partial charge in [0.25, 0.3) is 5.69 Å². The van der Waals surface area contributed by atoms with Crippen LogP contribution in [0.1, 0.15) is 31.4 Å². The average molecular weight is 404 g/mol. The number of halogens is 1. The maximum Gasteiger partial charge on any atom is 0.270 e. The molecular weight excluding hydrogens is 386 g/mol. The molecular formula is C18H18BrN3O3. The first-order chi connectivity index (χ1) is 11.9. The highest BCUT2D eigenvalue weighted by atomic mass is 79.9. The van der Waals surface area contributed by atoms with Crippen molar-refractivity contribution in [1.82, 2.24) is 0 Å². The maximum absolute atomic E-state index is 11.8. The molecule has 1 aliphatic carbocycles. The Labute approximate surface area is 153 Å². The molecule has 7 heteroatoms. The molecule has 6 nitrogen and oxygen atoms in total. The van der Waals surface area contributed by atoms with E-state index >= 15 is 0 Å². The van der Waals surface area contributed by atoms with E-state index in [0.717, 1.165) is 29.8 Å². The van der Waals surface area contributed by atoms with E-state index in [-0.39, 0.29) is 23.6 Å². The lowest BCUT2D eigenvalue weighted by atomic mass is 10.1. The molecule has 0 aromatic heterocycles. The number of carbonyl (C=O) groups is 1. The lowest BCUT2D eigenvalue weighted by Crippen LogP contribution is -2.13.